The van der Waals surface area contributed by atoms with Crippen molar-refractivity contribution in [1.82, 2.24) is 0 Å². The van der Waals surface area contributed by atoms with Crippen molar-refractivity contribution in [3.05, 3.63) is 35.6 Å². The van der Waals surface area contributed by atoms with Gasteiger partial charge in [-0.25, -0.2) is 4.39 Å². The predicted molar refractivity (Wildman–Crippen MR) is 56.6 cm³/mol. The van der Waals surface area contributed by atoms with Crippen LogP contribution in [-0.4, -0.2) is 23.2 Å². The van der Waals surface area contributed by atoms with Crippen LogP contribution >= 0.6 is 0 Å². The molecular formula is C10H15FO3Si. The molecule has 0 bridgehead atoms. The highest BCUT2D eigenvalue weighted by atomic mass is 28.4. The van der Waals surface area contributed by atoms with Crippen molar-refractivity contribution >= 4 is 8.80 Å². The van der Waals surface area contributed by atoms with Gasteiger partial charge in [0.1, 0.15) is 5.82 Å². The molecule has 0 aliphatic carbocycles. The molecule has 0 saturated heterocycles. The van der Waals surface area contributed by atoms with Gasteiger partial charge in [-0.1, -0.05) is 12.1 Å². The predicted octanol–water partition coefficient (Wildman–Crippen LogP) is 1.06. The highest BCUT2D eigenvalue weighted by molar-refractivity contribution is 6.56. The largest absolute Gasteiger partial charge is 0.492 e. The molecule has 1 aromatic rings. The van der Waals surface area contributed by atoms with Crippen LogP contribution in [0.3, 0.4) is 0 Å². The lowest BCUT2D eigenvalue weighted by molar-refractivity contribution is 0.226. The second-order valence-electron chi connectivity index (χ2n) is 3.61. The third kappa shape index (κ3) is 5.63. The fraction of sp³-hybridized carbons (Fsp3) is 0.400. The summed E-state index contributed by atoms with van der Waals surface area (Å²) in [5.74, 6) is -0.258. The first-order valence-electron chi connectivity index (χ1n) is 4.89. The van der Waals surface area contributed by atoms with Crippen molar-refractivity contribution in [2.24, 2.45) is 0 Å². The summed E-state index contributed by atoms with van der Waals surface area (Å²) in [6, 6.07) is 6.28. The van der Waals surface area contributed by atoms with Gasteiger partial charge in [-0.05, 0) is 37.0 Å². The standard InChI is InChI=1S/C10H15FO3Si/c11-10-6-4-9(5-7-10)3-1-2-8-15(12,13)14/h4-7,12-14H,1-3,8H2. The number of hydrogen-bond acceptors (Lipinski definition) is 3. The Morgan fingerprint density at radius 3 is 2.13 bits per heavy atom. The minimum absolute atomic E-state index is 0.0637. The Morgan fingerprint density at radius 2 is 1.60 bits per heavy atom. The molecule has 0 radical (unpaired) electrons. The van der Waals surface area contributed by atoms with Gasteiger partial charge < -0.3 is 14.4 Å². The second-order valence-corrected chi connectivity index (χ2v) is 5.66. The lowest BCUT2D eigenvalue weighted by atomic mass is 10.1. The summed E-state index contributed by atoms with van der Waals surface area (Å²) in [6.45, 7) is 0. The Hall–Kier alpha value is -0.753. The molecule has 15 heavy (non-hydrogen) atoms. The van der Waals surface area contributed by atoms with Crippen LogP contribution in [0.4, 0.5) is 4.39 Å². The van der Waals surface area contributed by atoms with Crippen molar-refractivity contribution in [1.29, 1.82) is 0 Å². The van der Waals surface area contributed by atoms with E-state index in [1.165, 1.54) is 12.1 Å². The van der Waals surface area contributed by atoms with E-state index in [9.17, 15) is 4.39 Å². The van der Waals surface area contributed by atoms with E-state index in [2.05, 4.69) is 0 Å². The van der Waals surface area contributed by atoms with E-state index in [4.69, 9.17) is 14.4 Å². The summed E-state index contributed by atoms with van der Waals surface area (Å²) in [5.41, 5.74) is 1.01. The minimum atomic E-state index is -3.86. The number of rotatable bonds is 5. The molecule has 0 atom stereocenters. The zero-order valence-electron chi connectivity index (χ0n) is 8.36. The fourth-order valence-corrected chi connectivity index (χ4v) is 2.07. The van der Waals surface area contributed by atoms with E-state index in [0.717, 1.165) is 18.4 Å². The molecule has 0 aliphatic heterocycles. The molecule has 3 nitrogen and oxygen atoms in total. The summed E-state index contributed by atoms with van der Waals surface area (Å²) in [6.07, 6.45) is 2.07. The number of benzene rings is 1. The summed E-state index contributed by atoms with van der Waals surface area (Å²) in [5, 5.41) is 0. The summed E-state index contributed by atoms with van der Waals surface area (Å²) in [7, 11) is -3.86. The Kier molecular flexibility index (Phi) is 4.40. The molecule has 0 saturated carbocycles. The van der Waals surface area contributed by atoms with E-state index in [1.807, 2.05) is 0 Å². The molecule has 0 unspecified atom stereocenters. The van der Waals surface area contributed by atoms with Gasteiger partial charge in [-0.15, -0.1) is 0 Å². The zero-order chi connectivity index (χ0) is 11.3. The van der Waals surface area contributed by atoms with E-state index in [0.29, 0.717) is 6.42 Å². The molecule has 1 aromatic carbocycles. The first-order valence-corrected chi connectivity index (χ1v) is 6.94. The van der Waals surface area contributed by atoms with Crippen LogP contribution in [0, 0.1) is 5.82 Å². The smallest absolute Gasteiger partial charge is 0.390 e. The van der Waals surface area contributed by atoms with Gasteiger partial charge in [0.25, 0.3) is 0 Å². The van der Waals surface area contributed by atoms with Crippen molar-refractivity contribution in [2.75, 3.05) is 0 Å². The molecule has 5 heteroatoms. The Bertz CT molecular complexity index is 295. The van der Waals surface area contributed by atoms with Crippen LogP contribution in [0.2, 0.25) is 6.04 Å². The topological polar surface area (TPSA) is 60.7 Å². The third-order valence-electron chi connectivity index (χ3n) is 2.14. The third-order valence-corrected chi connectivity index (χ3v) is 3.17. The Morgan fingerprint density at radius 1 is 1.00 bits per heavy atom. The van der Waals surface area contributed by atoms with E-state index in [-0.39, 0.29) is 11.9 Å². The average Bonchev–Trinajstić information content (AvgIpc) is 2.14. The quantitative estimate of drug-likeness (QED) is 0.523. The zero-order valence-corrected chi connectivity index (χ0v) is 9.36. The van der Waals surface area contributed by atoms with Gasteiger partial charge in [0.2, 0.25) is 0 Å². The molecule has 84 valence electrons. The molecule has 0 fully saturated rings. The monoisotopic (exact) mass is 230 g/mol. The lowest BCUT2D eigenvalue weighted by Gasteiger charge is -2.08. The summed E-state index contributed by atoms with van der Waals surface area (Å²) in [4.78, 5) is 26.3. The normalized spacial score (nSPS) is 11.7. The fourth-order valence-electron chi connectivity index (χ4n) is 1.34. The average molecular weight is 230 g/mol. The molecule has 1 rings (SSSR count). The summed E-state index contributed by atoms with van der Waals surface area (Å²) >= 11 is 0. The van der Waals surface area contributed by atoms with Crippen molar-refractivity contribution in [3.63, 3.8) is 0 Å². The van der Waals surface area contributed by atoms with Crippen LogP contribution < -0.4 is 0 Å². The SMILES string of the molecule is O[Si](O)(O)CCCCc1ccc(F)cc1. The molecule has 0 heterocycles. The number of hydrogen-bond donors (Lipinski definition) is 3. The summed E-state index contributed by atoms with van der Waals surface area (Å²) < 4.78 is 12.5. The van der Waals surface area contributed by atoms with Crippen LogP contribution in [0.15, 0.2) is 24.3 Å². The van der Waals surface area contributed by atoms with E-state index >= 15 is 0 Å². The van der Waals surface area contributed by atoms with Crippen molar-refractivity contribution in [2.45, 2.75) is 25.3 Å². The number of aryl methyl sites for hydroxylation is 1. The first kappa shape index (κ1) is 12.3. The van der Waals surface area contributed by atoms with Crippen LogP contribution in [0.5, 0.6) is 0 Å². The number of unbranched alkanes of at least 4 members (excludes halogenated alkanes) is 1. The molecule has 0 aliphatic rings. The maximum Gasteiger partial charge on any atom is 0.492 e. The Balaban J connectivity index is 2.23. The number of halogens is 1. The maximum absolute atomic E-state index is 12.5. The first-order chi connectivity index (χ1) is 6.97. The molecule has 3 N–H and O–H groups in total. The van der Waals surface area contributed by atoms with Gasteiger partial charge in [-0.2, -0.15) is 0 Å². The Labute approximate surface area is 89.2 Å². The lowest BCUT2D eigenvalue weighted by Crippen LogP contribution is -2.34. The van der Waals surface area contributed by atoms with Gasteiger partial charge >= 0.3 is 8.80 Å². The highest BCUT2D eigenvalue weighted by Crippen LogP contribution is 2.10. The van der Waals surface area contributed by atoms with E-state index < -0.39 is 8.80 Å². The molecule has 0 aromatic heterocycles. The molecule has 0 spiro atoms. The second kappa shape index (κ2) is 5.36. The molecule has 0 amide bonds. The van der Waals surface area contributed by atoms with Crippen LogP contribution in [-0.2, 0) is 6.42 Å². The van der Waals surface area contributed by atoms with Crippen molar-refractivity contribution < 1.29 is 18.8 Å². The minimum Gasteiger partial charge on any atom is -0.390 e. The van der Waals surface area contributed by atoms with Gasteiger partial charge in [0.05, 0.1) is 0 Å². The maximum atomic E-state index is 12.5. The van der Waals surface area contributed by atoms with Crippen molar-refractivity contribution in [3.8, 4) is 0 Å². The van der Waals surface area contributed by atoms with Gasteiger partial charge in [0, 0.05) is 6.04 Å². The van der Waals surface area contributed by atoms with Crippen LogP contribution in [0.1, 0.15) is 18.4 Å². The van der Waals surface area contributed by atoms with E-state index in [1.54, 1.807) is 12.1 Å². The van der Waals surface area contributed by atoms with Gasteiger partial charge in [-0.3, -0.25) is 0 Å². The van der Waals surface area contributed by atoms with Gasteiger partial charge in [0.15, 0.2) is 0 Å². The highest BCUT2D eigenvalue weighted by Gasteiger charge is 2.25. The molecular weight excluding hydrogens is 215 g/mol. The van der Waals surface area contributed by atoms with Crippen LogP contribution in [0.25, 0.3) is 0 Å².